The van der Waals surface area contributed by atoms with Crippen LogP contribution < -0.4 is 0 Å². The monoisotopic (exact) mass is 447 g/mol. The Hall–Kier alpha value is -1.91. The normalized spacial score (nSPS) is 15.8. The lowest BCUT2D eigenvalue weighted by Crippen LogP contribution is -2.41. The summed E-state index contributed by atoms with van der Waals surface area (Å²) >= 11 is 0. The number of hydrogen-bond donors (Lipinski definition) is 0. The van der Waals surface area contributed by atoms with Crippen molar-refractivity contribution in [1.29, 1.82) is 0 Å². The maximum absolute atomic E-state index is 13.1. The molecule has 4 nitrogen and oxygen atoms in total. The van der Waals surface area contributed by atoms with Crippen LogP contribution in [-0.4, -0.2) is 36.0 Å². The van der Waals surface area contributed by atoms with Crippen LogP contribution in [0.25, 0.3) is 0 Å². The van der Waals surface area contributed by atoms with Gasteiger partial charge in [-0.1, -0.05) is 84.0 Å². The molecule has 0 radical (unpaired) electrons. The van der Waals surface area contributed by atoms with Gasteiger partial charge in [0.1, 0.15) is 11.9 Å². The van der Waals surface area contributed by atoms with Gasteiger partial charge in [-0.25, -0.2) is 9.18 Å². The molecule has 5 heteroatoms. The standard InChI is InChI=1S/C27H42FNO3/c1-2-3-4-5-6-7-8-9-10-11-12-13-14-22-32-27(31)25-16-15-21-29(25)26(30)23-17-19-24(28)20-18-23/h17-20,25H,2-16,21-22H2,1H3. The molecule has 1 saturated heterocycles. The summed E-state index contributed by atoms with van der Waals surface area (Å²) in [4.78, 5) is 26.7. The molecule has 1 aliphatic heterocycles. The van der Waals surface area contributed by atoms with Gasteiger partial charge in [0, 0.05) is 12.1 Å². The van der Waals surface area contributed by atoms with Crippen molar-refractivity contribution in [2.24, 2.45) is 0 Å². The van der Waals surface area contributed by atoms with Crippen molar-refractivity contribution >= 4 is 11.9 Å². The molecule has 0 bridgehead atoms. The number of unbranched alkanes of at least 4 members (excludes halogenated alkanes) is 12. The van der Waals surface area contributed by atoms with E-state index in [4.69, 9.17) is 4.74 Å². The topological polar surface area (TPSA) is 46.6 Å². The molecule has 2 rings (SSSR count). The van der Waals surface area contributed by atoms with E-state index >= 15 is 0 Å². The number of esters is 1. The third kappa shape index (κ3) is 9.70. The van der Waals surface area contributed by atoms with Crippen LogP contribution in [0, 0.1) is 5.82 Å². The Morgan fingerprint density at radius 1 is 0.875 bits per heavy atom. The van der Waals surface area contributed by atoms with Gasteiger partial charge in [-0.05, 0) is 43.5 Å². The molecule has 180 valence electrons. The Morgan fingerprint density at radius 3 is 1.97 bits per heavy atom. The third-order valence-electron chi connectivity index (χ3n) is 6.37. The van der Waals surface area contributed by atoms with Crippen LogP contribution in [0.1, 0.15) is 114 Å². The van der Waals surface area contributed by atoms with Gasteiger partial charge in [0.15, 0.2) is 0 Å². The second-order valence-electron chi connectivity index (χ2n) is 9.07. The zero-order chi connectivity index (χ0) is 23.0. The van der Waals surface area contributed by atoms with Gasteiger partial charge in [0.05, 0.1) is 6.61 Å². The molecule has 0 saturated carbocycles. The fraction of sp³-hybridized carbons (Fsp3) is 0.704. The number of hydrogen-bond acceptors (Lipinski definition) is 3. The van der Waals surface area contributed by atoms with Crippen LogP contribution in [-0.2, 0) is 9.53 Å². The summed E-state index contributed by atoms with van der Waals surface area (Å²) in [5.41, 5.74) is 0.405. The Kier molecular flexibility index (Phi) is 13.0. The van der Waals surface area contributed by atoms with Crippen molar-refractivity contribution in [2.45, 2.75) is 109 Å². The van der Waals surface area contributed by atoms with E-state index in [0.717, 1.165) is 19.3 Å². The highest BCUT2D eigenvalue weighted by Crippen LogP contribution is 2.22. The number of carbonyl (C=O) groups excluding carboxylic acids is 2. The minimum Gasteiger partial charge on any atom is -0.464 e. The number of nitrogens with zero attached hydrogens (tertiary/aromatic N) is 1. The zero-order valence-electron chi connectivity index (χ0n) is 20.0. The Labute approximate surface area is 193 Å². The van der Waals surface area contributed by atoms with E-state index < -0.39 is 6.04 Å². The van der Waals surface area contributed by atoms with E-state index in [2.05, 4.69) is 6.92 Å². The summed E-state index contributed by atoms with van der Waals surface area (Å²) in [6.07, 6.45) is 18.1. The highest BCUT2D eigenvalue weighted by molar-refractivity contribution is 5.97. The van der Waals surface area contributed by atoms with Gasteiger partial charge in [-0.2, -0.15) is 0 Å². The third-order valence-corrected chi connectivity index (χ3v) is 6.37. The molecule has 1 fully saturated rings. The SMILES string of the molecule is CCCCCCCCCCCCCCCOC(=O)C1CCCN1C(=O)c1ccc(F)cc1. The average Bonchev–Trinajstić information content (AvgIpc) is 3.29. The van der Waals surface area contributed by atoms with Gasteiger partial charge in [-0.3, -0.25) is 4.79 Å². The van der Waals surface area contributed by atoms with Crippen molar-refractivity contribution in [3.8, 4) is 0 Å². The second kappa shape index (κ2) is 15.8. The molecule has 1 aromatic rings. The predicted octanol–water partition coefficient (Wildman–Crippen LogP) is 7.06. The fourth-order valence-electron chi connectivity index (χ4n) is 4.40. The summed E-state index contributed by atoms with van der Waals surface area (Å²) < 4.78 is 18.6. The first-order chi connectivity index (χ1) is 15.6. The highest BCUT2D eigenvalue weighted by atomic mass is 19.1. The molecule has 0 N–H and O–H groups in total. The predicted molar refractivity (Wildman–Crippen MR) is 127 cm³/mol. The first-order valence-corrected chi connectivity index (χ1v) is 12.9. The molecular formula is C27H42FNO3. The molecule has 0 spiro atoms. The molecule has 32 heavy (non-hydrogen) atoms. The van der Waals surface area contributed by atoms with E-state index in [9.17, 15) is 14.0 Å². The molecule has 0 aliphatic carbocycles. The van der Waals surface area contributed by atoms with E-state index in [1.807, 2.05) is 0 Å². The van der Waals surface area contributed by atoms with Crippen molar-refractivity contribution in [2.75, 3.05) is 13.2 Å². The molecule has 1 aromatic carbocycles. The average molecular weight is 448 g/mol. The van der Waals surface area contributed by atoms with Gasteiger partial charge >= 0.3 is 5.97 Å². The van der Waals surface area contributed by atoms with Gasteiger partial charge < -0.3 is 9.64 Å². The van der Waals surface area contributed by atoms with Crippen molar-refractivity contribution in [1.82, 2.24) is 4.90 Å². The number of benzene rings is 1. The maximum atomic E-state index is 13.1. The van der Waals surface area contributed by atoms with Crippen LogP contribution >= 0.6 is 0 Å². The lowest BCUT2D eigenvalue weighted by Gasteiger charge is -2.23. The summed E-state index contributed by atoms with van der Waals surface area (Å²) in [6, 6.07) is 4.95. The van der Waals surface area contributed by atoms with Crippen LogP contribution in [0.15, 0.2) is 24.3 Å². The second-order valence-corrected chi connectivity index (χ2v) is 9.07. The number of likely N-dealkylation sites (tertiary alicyclic amines) is 1. The lowest BCUT2D eigenvalue weighted by molar-refractivity contribution is -0.148. The number of amides is 1. The summed E-state index contributed by atoms with van der Waals surface area (Å²) in [7, 11) is 0. The minimum atomic E-state index is -0.519. The molecule has 1 amide bonds. The smallest absolute Gasteiger partial charge is 0.328 e. The van der Waals surface area contributed by atoms with Gasteiger partial charge in [0.25, 0.3) is 5.91 Å². The zero-order valence-corrected chi connectivity index (χ0v) is 20.0. The Balaban J connectivity index is 1.51. The van der Waals surface area contributed by atoms with Crippen LogP contribution in [0.2, 0.25) is 0 Å². The molecular weight excluding hydrogens is 405 g/mol. The molecule has 0 aromatic heterocycles. The van der Waals surface area contributed by atoms with Gasteiger partial charge in [-0.15, -0.1) is 0 Å². The molecule has 1 atom stereocenters. The van der Waals surface area contributed by atoms with Crippen LogP contribution in [0.3, 0.4) is 0 Å². The van der Waals surface area contributed by atoms with Crippen molar-refractivity contribution < 1.29 is 18.7 Å². The number of carbonyl (C=O) groups is 2. The maximum Gasteiger partial charge on any atom is 0.328 e. The van der Waals surface area contributed by atoms with E-state index in [0.29, 0.717) is 25.1 Å². The Morgan fingerprint density at radius 2 is 1.41 bits per heavy atom. The summed E-state index contributed by atoms with van der Waals surface area (Å²) in [6.45, 7) is 3.22. The molecule has 1 heterocycles. The number of ether oxygens (including phenoxy) is 1. The Bertz CT molecular complexity index is 661. The first kappa shape index (κ1) is 26.3. The number of halogens is 1. The summed E-state index contributed by atoms with van der Waals surface area (Å²) in [5, 5.41) is 0. The molecule has 1 unspecified atom stereocenters. The summed E-state index contributed by atoms with van der Waals surface area (Å²) in [5.74, 6) is -0.918. The van der Waals surface area contributed by atoms with Crippen molar-refractivity contribution in [3.05, 3.63) is 35.6 Å². The molecule has 1 aliphatic rings. The quantitative estimate of drug-likeness (QED) is 0.201. The van der Waals surface area contributed by atoms with E-state index in [-0.39, 0.29) is 17.7 Å². The largest absolute Gasteiger partial charge is 0.464 e. The van der Waals surface area contributed by atoms with Crippen molar-refractivity contribution in [3.63, 3.8) is 0 Å². The van der Waals surface area contributed by atoms with Crippen LogP contribution in [0.4, 0.5) is 4.39 Å². The fourth-order valence-corrected chi connectivity index (χ4v) is 4.40. The van der Waals surface area contributed by atoms with E-state index in [1.54, 1.807) is 4.90 Å². The number of rotatable bonds is 16. The first-order valence-electron chi connectivity index (χ1n) is 12.9. The lowest BCUT2D eigenvalue weighted by atomic mass is 10.0. The van der Waals surface area contributed by atoms with E-state index in [1.165, 1.54) is 94.9 Å². The van der Waals surface area contributed by atoms with Crippen LogP contribution in [0.5, 0.6) is 0 Å². The minimum absolute atomic E-state index is 0.231. The van der Waals surface area contributed by atoms with Gasteiger partial charge in [0.2, 0.25) is 0 Å². The highest BCUT2D eigenvalue weighted by Gasteiger charge is 2.35.